The summed E-state index contributed by atoms with van der Waals surface area (Å²) in [6, 6.07) is 10.9. The topological polar surface area (TPSA) is 47.8 Å². The van der Waals surface area contributed by atoms with Gasteiger partial charge >= 0.3 is 0 Å². The molecule has 4 heteroatoms. The SMILES string of the molecule is CC/C=C/c1cc(=O)c2ccccc2n1-c1ncccn1. The van der Waals surface area contributed by atoms with Gasteiger partial charge in [0.05, 0.1) is 11.2 Å². The maximum absolute atomic E-state index is 12.3. The molecule has 0 fully saturated rings. The third kappa shape index (κ3) is 2.48. The Hall–Kier alpha value is -2.75. The third-order valence-corrected chi connectivity index (χ3v) is 3.22. The number of rotatable bonds is 3. The van der Waals surface area contributed by atoms with E-state index in [1.54, 1.807) is 24.5 Å². The van der Waals surface area contributed by atoms with Gasteiger partial charge in [0.25, 0.3) is 0 Å². The fourth-order valence-electron chi connectivity index (χ4n) is 2.28. The van der Waals surface area contributed by atoms with Crippen LogP contribution in [0.25, 0.3) is 22.9 Å². The first-order valence-electron chi connectivity index (χ1n) is 6.90. The van der Waals surface area contributed by atoms with Crippen LogP contribution >= 0.6 is 0 Å². The Bertz CT molecular complexity index is 851. The van der Waals surface area contributed by atoms with Crippen molar-refractivity contribution in [2.24, 2.45) is 0 Å². The molecule has 104 valence electrons. The zero-order valence-corrected chi connectivity index (χ0v) is 11.7. The highest BCUT2D eigenvalue weighted by molar-refractivity contribution is 5.81. The van der Waals surface area contributed by atoms with Gasteiger partial charge in [-0.15, -0.1) is 0 Å². The van der Waals surface area contributed by atoms with Crippen molar-refractivity contribution in [1.29, 1.82) is 0 Å². The van der Waals surface area contributed by atoms with Crippen molar-refractivity contribution in [3.05, 3.63) is 70.8 Å². The number of hydrogen-bond acceptors (Lipinski definition) is 3. The molecule has 0 atom stereocenters. The third-order valence-electron chi connectivity index (χ3n) is 3.22. The van der Waals surface area contributed by atoms with E-state index in [-0.39, 0.29) is 5.43 Å². The van der Waals surface area contributed by atoms with E-state index in [1.165, 1.54) is 0 Å². The molecule has 0 spiro atoms. The lowest BCUT2D eigenvalue weighted by atomic mass is 10.1. The minimum atomic E-state index is 0.00790. The van der Waals surface area contributed by atoms with Gasteiger partial charge in [-0.3, -0.25) is 9.36 Å². The molecule has 3 rings (SSSR count). The average Bonchev–Trinajstić information content (AvgIpc) is 2.54. The van der Waals surface area contributed by atoms with E-state index in [1.807, 2.05) is 41.0 Å². The van der Waals surface area contributed by atoms with Crippen LogP contribution in [0.4, 0.5) is 0 Å². The van der Waals surface area contributed by atoms with Gasteiger partial charge in [-0.05, 0) is 30.7 Å². The van der Waals surface area contributed by atoms with Crippen LogP contribution in [0.2, 0.25) is 0 Å². The molecule has 2 heterocycles. The number of hydrogen-bond donors (Lipinski definition) is 0. The molecule has 3 aromatic rings. The minimum absolute atomic E-state index is 0.00790. The summed E-state index contributed by atoms with van der Waals surface area (Å²) in [7, 11) is 0. The molecule has 0 aliphatic heterocycles. The van der Waals surface area contributed by atoms with Crippen molar-refractivity contribution in [2.75, 3.05) is 0 Å². The Labute approximate surface area is 122 Å². The first kappa shape index (κ1) is 13.2. The molecule has 0 saturated carbocycles. The Morgan fingerprint density at radius 2 is 1.90 bits per heavy atom. The molecular formula is C17H15N3O. The van der Waals surface area contributed by atoms with E-state index in [9.17, 15) is 4.79 Å². The summed E-state index contributed by atoms with van der Waals surface area (Å²) in [4.78, 5) is 20.9. The maximum Gasteiger partial charge on any atom is 0.234 e. The Kier molecular flexibility index (Phi) is 3.60. The predicted molar refractivity (Wildman–Crippen MR) is 84.5 cm³/mol. The van der Waals surface area contributed by atoms with E-state index < -0.39 is 0 Å². The fourth-order valence-corrected chi connectivity index (χ4v) is 2.28. The second kappa shape index (κ2) is 5.71. The highest BCUT2D eigenvalue weighted by Crippen LogP contribution is 2.17. The van der Waals surface area contributed by atoms with Crippen LogP contribution in [0.5, 0.6) is 0 Å². The van der Waals surface area contributed by atoms with Crippen molar-refractivity contribution < 1.29 is 0 Å². The summed E-state index contributed by atoms with van der Waals surface area (Å²) in [6.45, 7) is 2.05. The van der Waals surface area contributed by atoms with E-state index in [2.05, 4.69) is 16.9 Å². The number of nitrogens with zero attached hydrogens (tertiary/aromatic N) is 3. The zero-order valence-electron chi connectivity index (χ0n) is 11.7. The number of aromatic nitrogens is 3. The number of pyridine rings is 1. The number of benzene rings is 1. The maximum atomic E-state index is 12.3. The van der Waals surface area contributed by atoms with Gasteiger partial charge in [-0.2, -0.15) is 0 Å². The van der Waals surface area contributed by atoms with Crippen LogP contribution in [0, 0.1) is 0 Å². The van der Waals surface area contributed by atoms with Gasteiger partial charge in [-0.1, -0.05) is 25.1 Å². The van der Waals surface area contributed by atoms with Gasteiger partial charge in [0.15, 0.2) is 5.43 Å². The van der Waals surface area contributed by atoms with Gasteiger partial charge in [0.1, 0.15) is 0 Å². The van der Waals surface area contributed by atoms with Gasteiger partial charge in [0, 0.05) is 23.8 Å². The van der Waals surface area contributed by atoms with Crippen LogP contribution in [-0.2, 0) is 0 Å². The van der Waals surface area contributed by atoms with Crippen LogP contribution in [0.1, 0.15) is 19.0 Å². The molecule has 1 aromatic carbocycles. The quantitative estimate of drug-likeness (QED) is 0.738. The normalized spacial score (nSPS) is 11.3. The van der Waals surface area contributed by atoms with Crippen LogP contribution in [0.15, 0.2) is 59.7 Å². The van der Waals surface area contributed by atoms with Gasteiger partial charge in [-0.25, -0.2) is 9.97 Å². The zero-order chi connectivity index (χ0) is 14.7. The summed E-state index contributed by atoms with van der Waals surface area (Å²) in [5.41, 5.74) is 1.60. The van der Waals surface area contributed by atoms with Crippen molar-refractivity contribution in [2.45, 2.75) is 13.3 Å². The molecule has 2 aromatic heterocycles. The largest absolute Gasteiger partial charge is 0.289 e. The van der Waals surface area contributed by atoms with Gasteiger partial charge in [0.2, 0.25) is 5.95 Å². The van der Waals surface area contributed by atoms with Gasteiger partial charge < -0.3 is 0 Å². The highest BCUT2D eigenvalue weighted by atomic mass is 16.1. The second-order valence-corrected chi connectivity index (χ2v) is 4.65. The smallest absolute Gasteiger partial charge is 0.234 e. The first-order chi connectivity index (χ1) is 10.3. The number of para-hydroxylation sites is 1. The molecule has 4 nitrogen and oxygen atoms in total. The van der Waals surface area contributed by atoms with E-state index >= 15 is 0 Å². The molecular weight excluding hydrogens is 262 g/mol. The lowest BCUT2D eigenvalue weighted by Crippen LogP contribution is -2.12. The van der Waals surface area contributed by atoms with Crippen LogP contribution < -0.4 is 5.43 Å². The summed E-state index contributed by atoms with van der Waals surface area (Å²) in [6.07, 6.45) is 8.24. The summed E-state index contributed by atoms with van der Waals surface area (Å²) < 4.78 is 1.91. The van der Waals surface area contributed by atoms with E-state index in [4.69, 9.17) is 0 Å². The van der Waals surface area contributed by atoms with Crippen molar-refractivity contribution in [3.63, 3.8) is 0 Å². The fraction of sp³-hybridized carbons (Fsp3) is 0.118. The molecule has 0 bridgehead atoms. The lowest BCUT2D eigenvalue weighted by molar-refractivity contribution is 0.939. The Morgan fingerprint density at radius 1 is 1.14 bits per heavy atom. The van der Waals surface area contributed by atoms with Crippen molar-refractivity contribution in [1.82, 2.24) is 14.5 Å². The molecule has 0 aliphatic carbocycles. The highest BCUT2D eigenvalue weighted by Gasteiger charge is 2.10. The second-order valence-electron chi connectivity index (χ2n) is 4.65. The predicted octanol–water partition coefficient (Wildman–Crippen LogP) is 3.20. The van der Waals surface area contributed by atoms with Crippen LogP contribution in [-0.4, -0.2) is 14.5 Å². The average molecular weight is 277 g/mol. The summed E-state index contributed by atoms with van der Waals surface area (Å²) in [5.74, 6) is 0.560. The molecule has 0 radical (unpaired) electrons. The first-order valence-corrected chi connectivity index (χ1v) is 6.90. The number of allylic oxidation sites excluding steroid dienone is 1. The van der Waals surface area contributed by atoms with E-state index in [0.29, 0.717) is 11.3 Å². The molecule has 0 aliphatic rings. The Morgan fingerprint density at radius 3 is 2.67 bits per heavy atom. The number of fused-ring (bicyclic) bond motifs is 1. The molecule has 0 N–H and O–H groups in total. The van der Waals surface area contributed by atoms with Crippen LogP contribution in [0.3, 0.4) is 0 Å². The summed E-state index contributed by atoms with van der Waals surface area (Å²) >= 11 is 0. The van der Waals surface area contributed by atoms with Crippen molar-refractivity contribution >= 4 is 17.0 Å². The lowest BCUT2D eigenvalue weighted by Gasteiger charge is -2.12. The summed E-state index contributed by atoms with van der Waals surface area (Å²) in [5, 5.41) is 0.665. The molecule has 21 heavy (non-hydrogen) atoms. The standard InChI is InChI=1S/C17H15N3O/c1-2-3-7-13-12-16(21)14-8-4-5-9-15(14)20(13)17-18-10-6-11-19-17/h3-12H,2H2,1H3/b7-3+. The Balaban J connectivity index is 2.40. The molecule has 0 unspecified atom stereocenters. The molecule has 0 saturated heterocycles. The monoisotopic (exact) mass is 277 g/mol. The molecule has 0 amide bonds. The minimum Gasteiger partial charge on any atom is -0.289 e. The van der Waals surface area contributed by atoms with E-state index in [0.717, 1.165) is 17.6 Å². The van der Waals surface area contributed by atoms with Crippen molar-refractivity contribution in [3.8, 4) is 5.95 Å².